The van der Waals surface area contributed by atoms with E-state index in [2.05, 4.69) is 35.9 Å². The smallest absolute Gasteiger partial charge is 0.408 e. The molecule has 0 saturated carbocycles. The number of anilines is 1. The minimum atomic E-state index is -1.24. The van der Waals surface area contributed by atoms with E-state index in [1.54, 1.807) is 12.3 Å². The van der Waals surface area contributed by atoms with Crippen LogP contribution in [0.5, 0.6) is 5.75 Å². The fourth-order valence-corrected chi connectivity index (χ4v) is 6.96. The number of alkyl carbamates (subject to hydrolysis) is 1. The third-order valence-corrected chi connectivity index (χ3v) is 10.3. The summed E-state index contributed by atoms with van der Waals surface area (Å²) in [5, 5.41) is 7.95. The van der Waals surface area contributed by atoms with Gasteiger partial charge in [-0.3, -0.25) is 0 Å². The van der Waals surface area contributed by atoms with E-state index in [1.807, 2.05) is 25.5 Å². The molecule has 1 fully saturated rings. The summed E-state index contributed by atoms with van der Waals surface area (Å²) in [6.07, 6.45) is 5.24. The minimum Gasteiger partial charge on any atom is -0.484 e. The number of carbonyl (C=O) groups excluding carboxylic acids is 1. The van der Waals surface area contributed by atoms with Gasteiger partial charge in [-0.15, -0.1) is 0 Å². The van der Waals surface area contributed by atoms with Crippen molar-refractivity contribution in [2.24, 2.45) is 0 Å². The number of piperidine rings is 1. The van der Waals surface area contributed by atoms with Crippen molar-refractivity contribution in [3.8, 4) is 5.75 Å². The Morgan fingerprint density at radius 2 is 2.00 bits per heavy atom. The number of ether oxygens (including phenoxy) is 4. The molecule has 46 heavy (non-hydrogen) atoms. The molecule has 1 aromatic carbocycles. The monoisotopic (exact) mass is 652 g/mol. The first-order chi connectivity index (χ1) is 21.8. The number of hydrogen-bond donors (Lipinski definition) is 1. The highest BCUT2D eigenvalue weighted by Gasteiger charge is 2.51. The SMILES string of the molecule is CC(C)(C)OC(=O)N[C@@H]1c2ccc(F)cc2OC12CCN(c1cnc3c(C4=CCOCC4)nn(COCC[Si](C)(C)C)c3n1)CC2. The Kier molecular flexibility index (Phi) is 8.85. The predicted molar refractivity (Wildman–Crippen MR) is 176 cm³/mol. The van der Waals surface area contributed by atoms with Crippen LogP contribution in [0.25, 0.3) is 16.7 Å². The molecule has 1 spiro atoms. The summed E-state index contributed by atoms with van der Waals surface area (Å²) >= 11 is 0. The third kappa shape index (κ3) is 7.06. The van der Waals surface area contributed by atoms with Crippen molar-refractivity contribution in [1.82, 2.24) is 25.1 Å². The van der Waals surface area contributed by atoms with Gasteiger partial charge in [-0.05, 0) is 44.9 Å². The second kappa shape index (κ2) is 12.6. The first-order valence-electron chi connectivity index (χ1n) is 16.1. The zero-order valence-corrected chi connectivity index (χ0v) is 28.7. The Labute approximate surface area is 270 Å². The summed E-state index contributed by atoms with van der Waals surface area (Å²) in [5.74, 6) is 0.796. The summed E-state index contributed by atoms with van der Waals surface area (Å²) < 4.78 is 39.7. The number of rotatable bonds is 8. The second-order valence-electron chi connectivity index (χ2n) is 14.6. The maximum Gasteiger partial charge on any atom is 0.408 e. The normalized spacial score (nSPS) is 19.6. The Hall–Kier alpha value is -3.55. The predicted octanol–water partition coefficient (Wildman–Crippen LogP) is 6.08. The Bertz CT molecular complexity index is 1620. The highest BCUT2D eigenvalue weighted by Crippen LogP contribution is 2.49. The average molecular weight is 653 g/mol. The molecular weight excluding hydrogens is 607 g/mol. The van der Waals surface area contributed by atoms with Crippen LogP contribution in [-0.2, 0) is 20.9 Å². The molecule has 3 aliphatic heterocycles. The molecule has 1 amide bonds. The lowest BCUT2D eigenvalue weighted by Crippen LogP contribution is -2.54. The molecule has 0 bridgehead atoms. The lowest BCUT2D eigenvalue weighted by Gasteiger charge is -2.42. The Balaban J connectivity index is 1.23. The summed E-state index contributed by atoms with van der Waals surface area (Å²) in [4.78, 5) is 25.0. The van der Waals surface area contributed by atoms with E-state index in [1.165, 1.54) is 12.1 Å². The van der Waals surface area contributed by atoms with Crippen molar-refractivity contribution >= 4 is 36.7 Å². The molecule has 1 saturated heterocycles. The average Bonchev–Trinajstić information content (AvgIpc) is 3.49. The molecule has 0 unspecified atom stereocenters. The molecule has 0 aliphatic carbocycles. The number of nitrogens with zero attached hydrogens (tertiary/aromatic N) is 5. The first-order valence-corrected chi connectivity index (χ1v) is 19.8. The van der Waals surface area contributed by atoms with Crippen molar-refractivity contribution in [2.45, 2.75) is 89.7 Å². The molecule has 248 valence electrons. The number of fused-ring (bicyclic) bond motifs is 2. The van der Waals surface area contributed by atoms with E-state index in [4.69, 9.17) is 34.0 Å². The molecule has 0 radical (unpaired) electrons. The second-order valence-corrected chi connectivity index (χ2v) is 20.2. The fraction of sp³-hybridized carbons (Fsp3) is 0.576. The molecular formula is C33H45FN6O5Si. The van der Waals surface area contributed by atoms with Crippen molar-refractivity contribution in [3.63, 3.8) is 0 Å². The summed E-state index contributed by atoms with van der Waals surface area (Å²) in [5.41, 5.74) is 2.69. The molecule has 6 rings (SSSR count). The van der Waals surface area contributed by atoms with Crippen LogP contribution in [-0.4, -0.2) is 78.0 Å². The minimum absolute atomic E-state index is 0.298. The van der Waals surface area contributed by atoms with Crippen LogP contribution in [0.4, 0.5) is 15.0 Å². The molecule has 1 atom stereocenters. The highest BCUT2D eigenvalue weighted by atomic mass is 28.3. The highest BCUT2D eigenvalue weighted by molar-refractivity contribution is 6.76. The first kappa shape index (κ1) is 32.4. The van der Waals surface area contributed by atoms with Crippen molar-refractivity contribution in [1.29, 1.82) is 0 Å². The molecule has 3 aromatic rings. The lowest BCUT2D eigenvalue weighted by atomic mass is 9.82. The van der Waals surface area contributed by atoms with E-state index in [-0.39, 0.29) is 5.82 Å². The molecule has 11 nitrogen and oxygen atoms in total. The van der Waals surface area contributed by atoms with Crippen LogP contribution in [0.15, 0.2) is 30.5 Å². The van der Waals surface area contributed by atoms with Crippen LogP contribution >= 0.6 is 0 Å². The largest absolute Gasteiger partial charge is 0.484 e. The van der Waals surface area contributed by atoms with Crippen LogP contribution in [0.3, 0.4) is 0 Å². The third-order valence-electron chi connectivity index (χ3n) is 8.63. The molecule has 1 N–H and O–H groups in total. The van der Waals surface area contributed by atoms with Gasteiger partial charge in [-0.1, -0.05) is 31.8 Å². The van der Waals surface area contributed by atoms with Crippen LogP contribution in [0.2, 0.25) is 25.7 Å². The topological polar surface area (TPSA) is 113 Å². The number of nitrogens with one attached hydrogen (secondary N) is 1. The molecule has 2 aromatic heterocycles. The van der Waals surface area contributed by atoms with Gasteiger partial charge in [0.25, 0.3) is 0 Å². The van der Waals surface area contributed by atoms with E-state index in [0.29, 0.717) is 63.9 Å². The summed E-state index contributed by atoms with van der Waals surface area (Å²) in [7, 11) is -1.24. The number of halogens is 1. The summed E-state index contributed by atoms with van der Waals surface area (Å²) in [6, 6.07) is 5.05. The Morgan fingerprint density at radius 1 is 1.22 bits per heavy atom. The maximum atomic E-state index is 14.2. The number of amides is 1. The lowest BCUT2D eigenvalue weighted by molar-refractivity contribution is 0.0148. The maximum absolute atomic E-state index is 14.2. The van der Waals surface area contributed by atoms with Crippen LogP contribution in [0.1, 0.15) is 57.3 Å². The quantitative estimate of drug-likeness (QED) is 0.229. The van der Waals surface area contributed by atoms with Crippen LogP contribution < -0.4 is 15.0 Å². The van der Waals surface area contributed by atoms with E-state index in [0.717, 1.165) is 40.6 Å². The molecule has 13 heteroatoms. The number of hydrogen-bond acceptors (Lipinski definition) is 9. The van der Waals surface area contributed by atoms with Gasteiger partial charge in [0, 0.05) is 52.2 Å². The van der Waals surface area contributed by atoms with Crippen molar-refractivity contribution in [3.05, 3.63) is 47.5 Å². The standard InChI is InChI=1S/C33H45FN6O5Si/c1-32(2,3)45-31(41)37-29-24-8-7-23(34)19-25(24)44-33(29)11-13-39(14-12-33)26-20-35-28-27(22-9-15-42-16-10-22)38-40(30(28)36-26)21-43-17-18-46(4,5)6/h7-9,19-20,29H,10-18,21H2,1-6H3,(H,37,41)/t29-/m1/s1. The van der Waals surface area contributed by atoms with Gasteiger partial charge >= 0.3 is 6.09 Å². The van der Waals surface area contributed by atoms with E-state index >= 15 is 0 Å². The zero-order chi connectivity index (χ0) is 32.7. The van der Waals surface area contributed by atoms with Gasteiger partial charge in [0.2, 0.25) is 0 Å². The number of benzene rings is 1. The van der Waals surface area contributed by atoms with Gasteiger partial charge in [0.05, 0.1) is 19.4 Å². The van der Waals surface area contributed by atoms with Crippen LogP contribution in [0, 0.1) is 5.82 Å². The van der Waals surface area contributed by atoms with Gasteiger partial charge in [-0.2, -0.15) is 5.10 Å². The van der Waals surface area contributed by atoms with Crippen molar-refractivity contribution < 1.29 is 28.1 Å². The Morgan fingerprint density at radius 3 is 2.70 bits per heavy atom. The van der Waals surface area contributed by atoms with Gasteiger partial charge in [-0.25, -0.2) is 23.8 Å². The molecule has 5 heterocycles. The van der Waals surface area contributed by atoms with Crippen molar-refractivity contribution in [2.75, 3.05) is 37.8 Å². The van der Waals surface area contributed by atoms with Gasteiger partial charge in [0.15, 0.2) is 5.65 Å². The van der Waals surface area contributed by atoms with Gasteiger partial charge in [0.1, 0.15) is 52.6 Å². The molecule has 3 aliphatic rings. The number of carbonyl (C=O) groups is 1. The fourth-order valence-electron chi connectivity index (χ4n) is 6.20. The van der Waals surface area contributed by atoms with E-state index in [9.17, 15) is 9.18 Å². The van der Waals surface area contributed by atoms with Gasteiger partial charge < -0.3 is 29.2 Å². The summed E-state index contributed by atoms with van der Waals surface area (Å²) in [6.45, 7) is 15.8. The van der Waals surface area contributed by atoms with E-state index < -0.39 is 31.4 Å². The zero-order valence-electron chi connectivity index (χ0n) is 27.7. The number of aromatic nitrogens is 4.